The Balaban J connectivity index is 1.50. The third kappa shape index (κ3) is 3.94. The molecule has 0 radical (unpaired) electrons. The zero-order valence-corrected chi connectivity index (χ0v) is 14.9. The molecule has 5 heteroatoms. The standard InChI is InChI=1S/C20H24N2O3/c1-23-16-5-6-18-17(11-16)15(13-22-18)8-9-21-12-14-4-7-19(24-2)20(10-14)25-3/h4-7,10-11,13,17,21H,8-9,12H2,1-3H3/t17-/m1/s1. The second kappa shape index (κ2) is 8.03. The van der Waals surface area contributed by atoms with Crippen LogP contribution in [0, 0.1) is 5.92 Å². The van der Waals surface area contributed by atoms with Crippen molar-refractivity contribution >= 4 is 5.71 Å². The highest BCUT2D eigenvalue weighted by atomic mass is 16.5. The van der Waals surface area contributed by atoms with Gasteiger partial charge in [-0.15, -0.1) is 0 Å². The van der Waals surface area contributed by atoms with Crippen LogP contribution in [0.2, 0.25) is 0 Å². The maximum atomic E-state index is 5.34. The highest BCUT2D eigenvalue weighted by molar-refractivity contribution is 6.03. The molecule has 1 aromatic rings. The second-order valence-corrected chi connectivity index (χ2v) is 5.96. The summed E-state index contributed by atoms with van der Waals surface area (Å²) in [6.07, 6.45) is 9.06. The summed E-state index contributed by atoms with van der Waals surface area (Å²) in [5, 5.41) is 3.48. The average molecular weight is 340 g/mol. The summed E-state index contributed by atoms with van der Waals surface area (Å²) in [5.74, 6) is 2.65. The van der Waals surface area contributed by atoms with E-state index in [9.17, 15) is 0 Å². The van der Waals surface area contributed by atoms with Gasteiger partial charge >= 0.3 is 0 Å². The molecule has 1 aliphatic carbocycles. The summed E-state index contributed by atoms with van der Waals surface area (Å²) in [6.45, 7) is 1.67. The molecule has 1 N–H and O–H groups in total. The third-order valence-electron chi connectivity index (χ3n) is 4.45. The number of ether oxygens (including phenoxy) is 3. The minimum atomic E-state index is 0.253. The molecule has 132 valence electrons. The lowest BCUT2D eigenvalue weighted by molar-refractivity contribution is 0.304. The fraction of sp³-hybridized carbons (Fsp3) is 0.350. The highest BCUT2D eigenvalue weighted by Crippen LogP contribution is 2.29. The molecule has 25 heavy (non-hydrogen) atoms. The number of methoxy groups -OCH3 is 3. The van der Waals surface area contributed by atoms with Crippen LogP contribution in [0.25, 0.3) is 0 Å². The number of fused-ring (bicyclic) bond motifs is 1. The zero-order chi connectivity index (χ0) is 17.6. The molecule has 0 amide bonds. The van der Waals surface area contributed by atoms with Crippen molar-refractivity contribution in [2.24, 2.45) is 10.9 Å². The molecule has 0 saturated carbocycles. The van der Waals surface area contributed by atoms with Crippen LogP contribution in [-0.2, 0) is 11.3 Å². The summed E-state index contributed by atoms with van der Waals surface area (Å²) in [4.78, 5) is 4.50. The van der Waals surface area contributed by atoms with Gasteiger partial charge in [0.2, 0.25) is 0 Å². The number of benzene rings is 1. The molecule has 0 saturated heterocycles. The lowest BCUT2D eigenvalue weighted by Gasteiger charge is -2.17. The Morgan fingerprint density at radius 1 is 1.04 bits per heavy atom. The first-order valence-corrected chi connectivity index (χ1v) is 8.37. The van der Waals surface area contributed by atoms with E-state index in [1.54, 1.807) is 21.3 Å². The lowest BCUT2D eigenvalue weighted by atomic mass is 9.90. The van der Waals surface area contributed by atoms with Gasteiger partial charge in [-0.1, -0.05) is 6.07 Å². The zero-order valence-electron chi connectivity index (χ0n) is 14.9. The van der Waals surface area contributed by atoms with Gasteiger partial charge in [-0.3, -0.25) is 4.99 Å². The van der Waals surface area contributed by atoms with Crippen molar-refractivity contribution in [2.45, 2.75) is 13.0 Å². The minimum Gasteiger partial charge on any atom is -0.497 e. The smallest absolute Gasteiger partial charge is 0.161 e. The average Bonchev–Trinajstić information content (AvgIpc) is 3.07. The Morgan fingerprint density at radius 3 is 2.64 bits per heavy atom. The van der Waals surface area contributed by atoms with E-state index in [4.69, 9.17) is 14.2 Å². The van der Waals surface area contributed by atoms with Gasteiger partial charge in [0.05, 0.1) is 27.0 Å². The number of allylic oxidation sites excluding steroid dienone is 3. The molecule has 0 unspecified atom stereocenters. The van der Waals surface area contributed by atoms with Crippen molar-refractivity contribution in [1.82, 2.24) is 5.32 Å². The van der Waals surface area contributed by atoms with E-state index in [0.717, 1.165) is 48.0 Å². The van der Waals surface area contributed by atoms with Gasteiger partial charge in [-0.05, 0) is 54.5 Å². The first kappa shape index (κ1) is 17.3. The number of hydrogen-bond acceptors (Lipinski definition) is 5. The normalized spacial score (nSPS) is 18.2. The molecule has 1 atom stereocenters. The van der Waals surface area contributed by atoms with Gasteiger partial charge in [0.25, 0.3) is 0 Å². The van der Waals surface area contributed by atoms with Gasteiger partial charge in [0.1, 0.15) is 5.76 Å². The van der Waals surface area contributed by atoms with Crippen molar-refractivity contribution in [3.05, 3.63) is 59.5 Å². The maximum absolute atomic E-state index is 5.34. The number of hydrogen-bond donors (Lipinski definition) is 1. The van der Waals surface area contributed by atoms with Crippen molar-refractivity contribution in [3.8, 4) is 11.5 Å². The Labute approximate surface area is 148 Å². The molecule has 1 heterocycles. The molecule has 1 aliphatic heterocycles. The van der Waals surface area contributed by atoms with E-state index in [0.29, 0.717) is 0 Å². The van der Waals surface area contributed by atoms with Crippen LogP contribution < -0.4 is 14.8 Å². The van der Waals surface area contributed by atoms with E-state index in [-0.39, 0.29) is 5.92 Å². The van der Waals surface area contributed by atoms with Crippen LogP contribution >= 0.6 is 0 Å². The summed E-state index contributed by atoms with van der Waals surface area (Å²) in [7, 11) is 4.99. The molecule has 2 aliphatic rings. The van der Waals surface area contributed by atoms with E-state index < -0.39 is 0 Å². The molecule has 0 spiro atoms. The molecule has 0 bridgehead atoms. The molecule has 0 fully saturated rings. The molecule has 0 aromatic heterocycles. The Morgan fingerprint density at radius 2 is 1.88 bits per heavy atom. The number of rotatable bonds is 8. The van der Waals surface area contributed by atoms with Gasteiger partial charge in [-0.25, -0.2) is 0 Å². The Hall–Kier alpha value is -2.53. The van der Waals surface area contributed by atoms with Gasteiger partial charge in [0.15, 0.2) is 11.5 Å². The van der Waals surface area contributed by atoms with Crippen molar-refractivity contribution in [2.75, 3.05) is 27.9 Å². The van der Waals surface area contributed by atoms with E-state index in [2.05, 4.69) is 16.4 Å². The van der Waals surface area contributed by atoms with Gasteiger partial charge < -0.3 is 19.5 Å². The van der Waals surface area contributed by atoms with Gasteiger partial charge in [-0.2, -0.15) is 0 Å². The van der Waals surface area contributed by atoms with Crippen molar-refractivity contribution < 1.29 is 14.2 Å². The first-order valence-electron chi connectivity index (χ1n) is 8.37. The molecular formula is C20H24N2O3. The van der Waals surface area contributed by atoms with E-state index in [1.807, 2.05) is 36.6 Å². The predicted octanol–water partition coefficient (Wildman–Crippen LogP) is 3.24. The summed E-state index contributed by atoms with van der Waals surface area (Å²) < 4.78 is 15.9. The largest absolute Gasteiger partial charge is 0.497 e. The SMILES string of the molecule is COC1=C[C@@H]2C(CCNCc3ccc(OC)c(OC)c3)=CN=C2C=C1. The minimum absolute atomic E-state index is 0.253. The molecule has 5 nitrogen and oxygen atoms in total. The number of nitrogens with zero attached hydrogens (tertiary/aromatic N) is 1. The summed E-state index contributed by atoms with van der Waals surface area (Å²) >= 11 is 0. The molecule has 1 aromatic carbocycles. The fourth-order valence-corrected chi connectivity index (χ4v) is 3.05. The first-order chi connectivity index (χ1) is 12.2. The highest BCUT2D eigenvalue weighted by Gasteiger charge is 2.24. The summed E-state index contributed by atoms with van der Waals surface area (Å²) in [6, 6.07) is 5.98. The molecular weight excluding hydrogens is 316 g/mol. The molecule has 3 rings (SSSR count). The number of aliphatic imine (C=N–C) groups is 1. The second-order valence-electron chi connectivity index (χ2n) is 5.96. The van der Waals surface area contributed by atoms with Crippen LogP contribution in [-0.4, -0.2) is 33.6 Å². The quantitative estimate of drug-likeness (QED) is 0.738. The number of nitrogens with one attached hydrogen (secondary N) is 1. The topological polar surface area (TPSA) is 52.1 Å². The van der Waals surface area contributed by atoms with E-state index >= 15 is 0 Å². The monoisotopic (exact) mass is 340 g/mol. The van der Waals surface area contributed by atoms with Crippen molar-refractivity contribution in [1.29, 1.82) is 0 Å². The van der Waals surface area contributed by atoms with Crippen molar-refractivity contribution in [3.63, 3.8) is 0 Å². The van der Waals surface area contributed by atoms with E-state index in [1.165, 1.54) is 5.57 Å². The van der Waals surface area contributed by atoms with Crippen LogP contribution in [0.5, 0.6) is 11.5 Å². The van der Waals surface area contributed by atoms with Crippen LogP contribution in [0.15, 0.2) is 59.0 Å². The fourth-order valence-electron chi connectivity index (χ4n) is 3.05. The lowest BCUT2D eigenvalue weighted by Crippen LogP contribution is -2.19. The van der Waals surface area contributed by atoms with Gasteiger partial charge in [0, 0.05) is 18.7 Å². The Bertz CT molecular complexity index is 747. The maximum Gasteiger partial charge on any atom is 0.161 e. The van der Waals surface area contributed by atoms with Crippen LogP contribution in [0.4, 0.5) is 0 Å². The summed E-state index contributed by atoms with van der Waals surface area (Å²) in [5.41, 5.74) is 3.57. The Kier molecular flexibility index (Phi) is 5.56. The van der Waals surface area contributed by atoms with Crippen LogP contribution in [0.3, 0.4) is 0 Å². The third-order valence-corrected chi connectivity index (χ3v) is 4.45. The predicted molar refractivity (Wildman–Crippen MR) is 99.1 cm³/mol. The van der Waals surface area contributed by atoms with Crippen LogP contribution in [0.1, 0.15) is 12.0 Å².